The number of methoxy groups -OCH3 is 1. The molecule has 9 heteroatoms. The van der Waals surface area contributed by atoms with Gasteiger partial charge < -0.3 is 40.7 Å². The van der Waals surface area contributed by atoms with Crippen molar-refractivity contribution in [3.05, 3.63) is 65.2 Å². The van der Waals surface area contributed by atoms with Crippen molar-refractivity contribution in [1.29, 1.82) is 0 Å². The molecule has 0 saturated heterocycles. The Labute approximate surface area is 197 Å². The van der Waals surface area contributed by atoms with Crippen LogP contribution >= 0.6 is 0 Å². The summed E-state index contributed by atoms with van der Waals surface area (Å²) in [6, 6.07) is 12.4. The minimum atomic E-state index is -2.37. The van der Waals surface area contributed by atoms with Gasteiger partial charge in [-0.25, -0.2) is 0 Å². The van der Waals surface area contributed by atoms with E-state index in [-0.39, 0.29) is 5.91 Å². The zero-order valence-corrected chi connectivity index (χ0v) is 19.0. The number of benzene rings is 2. The van der Waals surface area contributed by atoms with Gasteiger partial charge in [-0.05, 0) is 41.8 Å². The smallest absolute Gasteiger partial charge is 0.251 e. The summed E-state index contributed by atoms with van der Waals surface area (Å²) in [6.45, 7) is 1.58. The van der Waals surface area contributed by atoms with Crippen molar-refractivity contribution in [3.8, 4) is 5.75 Å². The van der Waals surface area contributed by atoms with Crippen LogP contribution in [-0.2, 0) is 0 Å². The number of nitrogens with one attached hydrogen (secondary N) is 1. The predicted molar refractivity (Wildman–Crippen MR) is 121 cm³/mol. The molecule has 9 nitrogen and oxygen atoms in total. The summed E-state index contributed by atoms with van der Waals surface area (Å²) < 4.78 is 5.13. The molecule has 7 atom stereocenters. The molecule has 2 aliphatic rings. The molecule has 3 unspecified atom stereocenters. The molecule has 0 aliphatic heterocycles. The van der Waals surface area contributed by atoms with Gasteiger partial charge in [0.1, 0.15) is 28.7 Å². The van der Waals surface area contributed by atoms with Crippen LogP contribution in [0.1, 0.15) is 46.7 Å². The molecule has 2 saturated carbocycles. The number of carbonyl (C=O) groups is 1. The molecule has 0 spiro atoms. The Hall–Kier alpha value is -2.53. The standard InChI is InChI=1S/C25H31NO8/c1-3-12-26-22(30)16-6-4-14(5-7-16)19-21(29)24(32)20(15-8-10-17(34-2)11-9-15)23(31,18(28)13-27)25(19,24)33/h4-11,18-21,27-29,31-33H,3,12-13H2,1-2H3,(H,26,30)/t18-,19?,20?,21?,23+,24+,25+/m1/s1. The van der Waals surface area contributed by atoms with Gasteiger partial charge in [-0.1, -0.05) is 31.2 Å². The van der Waals surface area contributed by atoms with Crippen LogP contribution < -0.4 is 10.1 Å². The van der Waals surface area contributed by atoms with Crippen LogP contribution in [0.2, 0.25) is 0 Å². The van der Waals surface area contributed by atoms with Crippen LogP contribution in [-0.4, -0.2) is 85.8 Å². The van der Waals surface area contributed by atoms with E-state index in [0.717, 1.165) is 6.42 Å². The average Bonchev–Trinajstić information content (AvgIpc) is 2.87. The van der Waals surface area contributed by atoms with E-state index in [1.54, 1.807) is 24.3 Å². The van der Waals surface area contributed by atoms with Gasteiger partial charge in [0.2, 0.25) is 0 Å². The number of hydrogen-bond donors (Lipinski definition) is 7. The van der Waals surface area contributed by atoms with E-state index >= 15 is 0 Å². The second-order valence-corrected chi connectivity index (χ2v) is 9.12. The van der Waals surface area contributed by atoms with E-state index in [4.69, 9.17) is 4.74 Å². The van der Waals surface area contributed by atoms with E-state index in [1.807, 2.05) is 6.92 Å². The van der Waals surface area contributed by atoms with Gasteiger partial charge in [-0.15, -0.1) is 0 Å². The number of aliphatic hydroxyl groups excluding tert-OH is 3. The first-order valence-electron chi connectivity index (χ1n) is 11.3. The summed E-state index contributed by atoms with van der Waals surface area (Å²) in [5.74, 6) is -2.21. The molecular weight excluding hydrogens is 442 g/mol. The van der Waals surface area contributed by atoms with Crippen LogP contribution in [0.3, 0.4) is 0 Å². The molecule has 34 heavy (non-hydrogen) atoms. The van der Waals surface area contributed by atoms with E-state index in [0.29, 0.717) is 29.0 Å². The van der Waals surface area contributed by atoms with Crippen molar-refractivity contribution in [2.75, 3.05) is 20.3 Å². The molecule has 2 aliphatic carbocycles. The summed E-state index contributed by atoms with van der Waals surface area (Å²) in [6.07, 6.45) is -2.51. The van der Waals surface area contributed by atoms with Crippen LogP contribution in [0.4, 0.5) is 0 Å². The van der Waals surface area contributed by atoms with Gasteiger partial charge in [-0.2, -0.15) is 0 Å². The van der Waals surface area contributed by atoms with E-state index in [2.05, 4.69) is 5.32 Å². The highest BCUT2D eigenvalue weighted by Crippen LogP contribution is 2.75. The Bertz CT molecular complexity index is 1040. The summed E-state index contributed by atoms with van der Waals surface area (Å²) in [4.78, 5) is 12.2. The Morgan fingerprint density at radius 3 is 2.18 bits per heavy atom. The molecule has 0 bridgehead atoms. The maximum atomic E-state index is 12.2. The van der Waals surface area contributed by atoms with Crippen molar-refractivity contribution in [3.63, 3.8) is 0 Å². The topological polar surface area (TPSA) is 160 Å². The first-order valence-corrected chi connectivity index (χ1v) is 11.3. The van der Waals surface area contributed by atoms with Gasteiger partial charge in [0, 0.05) is 18.0 Å². The van der Waals surface area contributed by atoms with Gasteiger partial charge in [0.25, 0.3) is 5.91 Å². The van der Waals surface area contributed by atoms with Crippen molar-refractivity contribution in [1.82, 2.24) is 5.32 Å². The molecule has 2 fully saturated rings. The molecular formula is C25H31NO8. The third-order valence-electron chi connectivity index (χ3n) is 7.52. The second kappa shape index (κ2) is 8.60. The average molecular weight is 474 g/mol. The maximum absolute atomic E-state index is 12.2. The molecule has 2 aromatic rings. The number of fused-ring (bicyclic) bond motifs is 1. The van der Waals surface area contributed by atoms with E-state index in [1.165, 1.54) is 31.4 Å². The number of ether oxygens (including phenoxy) is 1. The zero-order chi connectivity index (χ0) is 24.9. The fourth-order valence-electron chi connectivity index (χ4n) is 5.80. The predicted octanol–water partition coefficient (Wildman–Crippen LogP) is -0.363. The molecule has 1 amide bonds. The number of carbonyl (C=O) groups excluding carboxylic acids is 1. The van der Waals surface area contributed by atoms with Crippen molar-refractivity contribution >= 4 is 5.91 Å². The lowest BCUT2D eigenvalue weighted by molar-refractivity contribution is -0.459. The summed E-state index contributed by atoms with van der Waals surface area (Å²) in [7, 11) is 1.48. The fourth-order valence-corrected chi connectivity index (χ4v) is 5.80. The Morgan fingerprint density at radius 1 is 1.06 bits per heavy atom. The molecule has 2 aromatic carbocycles. The molecule has 7 N–H and O–H groups in total. The molecule has 0 radical (unpaired) electrons. The third-order valence-corrected chi connectivity index (χ3v) is 7.52. The second-order valence-electron chi connectivity index (χ2n) is 9.12. The van der Waals surface area contributed by atoms with Gasteiger partial charge in [0.05, 0.1) is 25.7 Å². The highest BCUT2D eigenvalue weighted by molar-refractivity contribution is 5.94. The number of amides is 1. The SMILES string of the molecule is CCCNC(=O)c1ccc(C2C(O)[C@@]3(O)C(c4ccc(OC)cc4)[C@@](O)([C@H](O)CO)[C@@]23O)cc1. The Kier molecular flexibility index (Phi) is 6.22. The number of hydrogen-bond acceptors (Lipinski definition) is 8. The van der Waals surface area contributed by atoms with Crippen molar-refractivity contribution in [2.45, 2.75) is 54.2 Å². The zero-order valence-electron chi connectivity index (χ0n) is 19.0. The van der Waals surface area contributed by atoms with Crippen LogP contribution in [0, 0.1) is 0 Å². The first-order chi connectivity index (χ1) is 16.1. The lowest BCUT2D eigenvalue weighted by Gasteiger charge is -2.80. The lowest BCUT2D eigenvalue weighted by Crippen LogP contribution is -2.99. The van der Waals surface area contributed by atoms with Crippen LogP contribution in [0.15, 0.2) is 48.5 Å². The van der Waals surface area contributed by atoms with Crippen LogP contribution in [0.5, 0.6) is 5.75 Å². The summed E-state index contributed by atoms with van der Waals surface area (Å²) >= 11 is 0. The highest BCUT2D eigenvalue weighted by atomic mass is 16.5. The molecule has 0 aromatic heterocycles. The Morgan fingerprint density at radius 2 is 1.65 bits per heavy atom. The third kappa shape index (κ3) is 2.98. The molecule has 4 rings (SSSR count). The number of rotatable bonds is 8. The van der Waals surface area contributed by atoms with Crippen LogP contribution in [0.25, 0.3) is 0 Å². The molecule has 184 valence electrons. The van der Waals surface area contributed by atoms with E-state index < -0.39 is 47.5 Å². The quantitative estimate of drug-likeness (QED) is 0.274. The fraction of sp³-hybridized carbons (Fsp3) is 0.480. The van der Waals surface area contributed by atoms with Crippen molar-refractivity contribution in [2.24, 2.45) is 0 Å². The highest BCUT2D eigenvalue weighted by Gasteiger charge is 2.93. The summed E-state index contributed by atoms with van der Waals surface area (Å²) in [5.41, 5.74) is -5.82. The largest absolute Gasteiger partial charge is 0.497 e. The number of aliphatic hydroxyl groups is 6. The maximum Gasteiger partial charge on any atom is 0.251 e. The molecule has 0 heterocycles. The van der Waals surface area contributed by atoms with Gasteiger partial charge >= 0.3 is 0 Å². The minimum absolute atomic E-state index is 0.270. The van der Waals surface area contributed by atoms with Crippen molar-refractivity contribution < 1.29 is 40.2 Å². The minimum Gasteiger partial charge on any atom is -0.497 e. The Balaban J connectivity index is 1.71. The lowest BCUT2D eigenvalue weighted by atomic mass is 9.30. The van der Waals surface area contributed by atoms with Gasteiger partial charge in [-0.3, -0.25) is 4.79 Å². The first kappa shape index (κ1) is 24.6. The summed E-state index contributed by atoms with van der Waals surface area (Å²) in [5, 5.41) is 68.7. The van der Waals surface area contributed by atoms with Gasteiger partial charge in [0.15, 0.2) is 0 Å². The van der Waals surface area contributed by atoms with E-state index in [9.17, 15) is 35.4 Å². The normalized spacial score (nSPS) is 34.9. The monoisotopic (exact) mass is 473 g/mol.